The van der Waals surface area contributed by atoms with Crippen molar-refractivity contribution in [2.24, 2.45) is 5.92 Å². The number of fused-ring (bicyclic) bond motifs is 2. The number of ketones is 1. The van der Waals surface area contributed by atoms with Crippen molar-refractivity contribution in [3.8, 4) is 23.0 Å². The van der Waals surface area contributed by atoms with E-state index in [0.29, 0.717) is 71.6 Å². The molecule has 234 valence electrons. The number of anilines is 1. The molecule has 1 saturated heterocycles. The first-order chi connectivity index (χ1) is 21.7. The van der Waals surface area contributed by atoms with Crippen LogP contribution in [0.4, 0.5) is 5.13 Å². The number of aryl methyl sites for hydroxylation is 2. The third-order valence-corrected chi connectivity index (χ3v) is 8.82. The minimum Gasteiger partial charge on any atom is -0.507 e. The molecule has 4 aromatic rings. The van der Waals surface area contributed by atoms with Gasteiger partial charge < -0.3 is 24.1 Å². The molecule has 1 aromatic heterocycles. The summed E-state index contributed by atoms with van der Waals surface area (Å²) in [5.41, 5.74) is 3.65. The van der Waals surface area contributed by atoms with E-state index in [9.17, 15) is 14.7 Å². The standard InChI is InChI=1S/C35H36N2O7S/c1-6-41-26-17-22(7-9-24(26)42-12-11-19(2)3)31-29(32(38)23-8-10-25-27(18-23)44-14-13-43-25)33(39)34(40)37(31)35-36-30-21(5)15-20(4)16-28(30)45-35/h7-10,15-19,31,38H,6,11-14H2,1-5H3. The van der Waals surface area contributed by atoms with E-state index in [1.54, 1.807) is 36.4 Å². The van der Waals surface area contributed by atoms with Gasteiger partial charge in [-0.25, -0.2) is 4.98 Å². The number of aromatic nitrogens is 1. The molecule has 6 rings (SSSR count). The summed E-state index contributed by atoms with van der Waals surface area (Å²) in [7, 11) is 0. The molecule has 1 atom stereocenters. The van der Waals surface area contributed by atoms with Gasteiger partial charge in [-0.2, -0.15) is 0 Å². The van der Waals surface area contributed by atoms with E-state index in [1.807, 2.05) is 32.9 Å². The van der Waals surface area contributed by atoms with Gasteiger partial charge in [0.1, 0.15) is 19.0 Å². The molecule has 1 N–H and O–H groups in total. The Labute approximate surface area is 266 Å². The third kappa shape index (κ3) is 5.82. The highest BCUT2D eigenvalue weighted by molar-refractivity contribution is 7.22. The molecule has 1 fully saturated rings. The number of hydrogen-bond donors (Lipinski definition) is 1. The Bertz CT molecular complexity index is 1830. The average molecular weight is 629 g/mol. The lowest BCUT2D eigenvalue weighted by molar-refractivity contribution is -0.132. The Balaban J connectivity index is 1.51. The highest BCUT2D eigenvalue weighted by Gasteiger charge is 2.48. The molecule has 10 heteroatoms. The van der Waals surface area contributed by atoms with Gasteiger partial charge in [-0.3, -0.25) is 14.5 Å². The fourth-order valence-corrected chi connectivity index (χ4v) is 6.81. The van der Waals surface area contributed by atoms with Gasteiger partial charge >= 0.3 is 5.91 Å². The molecule has 2 aliphatic rings. The van der Waals surface area contributed by atoms with E-state index in [-0.39, 0.29) is 11.3 Å². The Kier molecular flexibility index (Phi) is 8.42. The zero-order chi connectivity index (χ0) is 31.8. The number of aliphatic hydroxyl groups is 1. The Hall–Kier alpha value is -4.57. The SMILES string of the molecule is CCOc1cc(C2C(=C(O)c3ccc4c(c3)OCCO4)C(=O)C(=O)N2c2nc3c(C)cc(C)cc3s2)ccc1OCCC(C)C. The van der Waals surface area contributed by atoms with Crippen molar-refractivity contribution in [2.75, 3.05) is 31.3 Å². The van der Waals surface area contributed by atoms with E-state index in [1.165, 1.54) is 16.2 Å². The molecule has 3 aromatic carbocycles. The summed E-state index contributed by atoms with van der Waals surface area (Å²) in [6.45, 7) is 11.8. The Morgan fingerprint density at radius 2 is 1.80 bits per heavy atom. The van der Waals surface area contributed by atoms with E-state index in [4.69, 9.17) is 23.9 Å². The van der Waals surface area contributed by atoms with Gasteiger partial charge in [-0.15, -0.1) is 0 Å². The number of Topliss-reactive ketones (excluding diaryl/α,β-unsaturated/α-hetero) is 1. The fourth-order valence-electron chi connectivity index (χ4n) is 5.64. The minimum atomic E-state index is -0.982. The average Bonchev–Trinajstić information content (AvgIpc) is 3.55. The third-order valence-electron chi connectivity index (χ3n) is 7.82. The number of rotatable bonds is 9. The van der Waals surface area contributed by atoms with E-state index in [2.05, 4.69) is 13.8 Å². The second-order valence-corrected chi connectivity index (χ2v) is 12.6. The topological polar surface area (TPSA) is 107 Å². The summed E-state index contributed by atoms with van der Waals surface area (Å²) in [5.74, 6) is 0.620. The molecule has 2 aliphatic heterocycles. The predicted molar refractivity (Wildman–Crippen MR) is 174 cm³/mol. The van der Waals surface area contributed by atoms with Crippen LogP contribution in [-0.2, 0) is 9.59 Å². The second kappa shape index (κ2) is 12.4. The van der Waals surface area contributed by atoms with Crippen LogP contribution in [0.25, 0.3) is 16.0 Å². The van der Waals surface area contributed by atoms with E-state index >= 15 is 0 Å². The van der Waals surface area contributed by atoms with Crippen molar-refractivity contribution < 1.29 is 33.6 Å². The maximum atomic E-state index is 13.9. The number of ether oxygens (including phenoxy) is 4. The summed E-state index contributed by atoms with van der Waals surface area (Å²) in [6, 6.07) is 13.4. The zero-order valence-corrected chi connectivity index (χ0v) is 26.8. The van der Waals surface area contributed by atoms with Gasteiger partial charge in [0.05, 0.1) is 35.0 Å². The highest BCUT2D eigenvalue weighted by Crippen LogP contribution is 2.47. The lowest BCUT2D eigenvalue weighted by Gasteiger charge is -2.24. The van der Waals surface area contributed by atoms with Gasteiger partial charge in [0.25, 0.3) is 5.78 Å². The van der Waals surface area contributed by atoms with Crippen LogP contribution >= 0.6 is 11.3 Å². The maximum Gasteiger partial charge on any atom is 0.301 e. The molecule has 0 aliphatic carbocycles. The summed E-state index contributed by atoms with van der Waals surface area (Å²) in [5, 5.41) is 12.1. The van der Waals surface area contributed by atoms with Gasteiger partial charge in [-0.05, 0) is 86.2 Å². The number of benzene rings is 3. The number of nitrogens with zero attached hydrogens (tertiary/aromatic N) is 2. The smallest absolute Gasteiger partial charge is 0.301 e. The molecule has 0 spiro atoms. The molecular formula is C35H36N2O7S. The van der Waals surface area contributed by atoms with Crippen LogP contribution < -0.4 is 23.8 Å². The largest absolute Gasteiger partial charge is 0.507 e. The molecule has 1 unspecified atom stereocenters. The molecule has 45 heavy (non-hydrogen) atoms. The van der Waals surface area contributed by atoms with Crippen molar-refractivity contribution in [1.29, 1.82) is 0 Å². The summed E-state index contributed by atoms with van der Waals surface area (Å²) in [6.07, 6.45) is 0.875. The van der Waals surface area contributed by atoms with Gasteiger partial charge in [-0.1, -0.05) is 37.3 Å². The zero-order valence-electron chi connectivity index (χ0n) is 26.0. The summed E-state index contributed by atoms with van der Waals surface area (Å²) >= 11 is 1.33. The first-order valence-corrected chi connectivity index (χ1v) is 16.0. The normalized spacial score (nSPS) is 17.4. The van der Waals surface area contributed by atoms with Crippen LogP contribution in [0.5, 0.6) is 23.0 Å². The van der Waals surface area contributed by atoms with Crippen LogP contribution in [0.2, 0.25) is 0 Å². The molecule has 9 nitrogen and oxygen atoms in total. The lowest BCUT2D eigenvalue weighted by Crippen LogP contribution is -2.29. The first-order valence-electron chi connectivity index (χ1n) is 15.1. The molecular weight excluding hydrogens is 592 g/mol. The summed E-state index contributed by atoms with van der Waals surface area (Å²) in [4.78, 5) is 33.9. The molecule has 3 heterocycles. The number of thiazole rings is 1. The number of hydrogen-bond acceptors (Lipinski definition) is 9. The maximum absolute atomic E-state index is 13.9. The van der Waals surface area contributed by atoms with E-state index in [0.717, 1.165) is 27.8 Å². The van der Waals surface area contributed by atoms with Gasteiger partial charge in [0, 0.05) is 5.56 Å². The first kappa shape index (κ1) is 30.5. The van der Waals surface area contributed by atoms with Crippen LogP contribution in [-0.4, -0.2) is 48.2 Å². The predicted octanol–water partition coefficient (Wildman–Crippen LogP) is 7.13. The molecule has 0 radical (unpaired) electrons. The number of amides is 1. The Morgan fingerprint density at radius 1 is 1.02 bits per heavy atom. The quantitative estimate of drug-likeness (QED) is 0.118. The monoisotopic (exact) mass is 628 g/mol. The Morgan fingerprint density at radius 3 is 2.56 bits per heavy atom. The van der Waals surface area contributed by atoms with Crippen LogP contribution in [0, 0.1) is 19.8 Å². The van der Waals surface area contributed by atoms with Crippen molar-refractivity contribution in [3.63, 3.8) is 0 Å². The lowest BCUT2D eigenvalue weighted by atomic mass is 9.95. The van der Waals surface area contributed by atoms with Crippen molar-refractivity contribution >= 4 is 44.1 Å². The number of carbonyl (C=O) groups is 2. The second-order valence-electron chi connectivity index (χ2n) is 11.6. The minimum absolute atomic E-state index is 0.0558. The van der Waals surface area contributed by atoms with Crippen molar-refractivity contribution in [3.05, 3.63) is 76.4 Å². The molecule has 1 amide bonds. The van der Waals surface area contributed by atoms with Gasteiger partial charge in [0.2, 0.25) is 0 Å². The van der Waals surface area contributed by atoms with Crippen LogP contribution in [0.1, 0.15) is 55.5 Å². The van der Waals surface area contributed by atoms with Crippen LogP contribution in [0.15, 0.2) is 54.1 Å². The van der Waals surface area contributed by atoms with Gasteiger partial charge in [0.15, 0.2) is 28.1 Å². The van der Waals surface area contributed by atoms with Crippen LogP contribution in [0.3, 0.4) is 0 Å². The van der Waals surface area contributed by atoms with Crippen molar-refractivity contribution in [1.82, 2.24) is 4.98 Å². The fraction of sp³-hybridized carbons (Fsp3) is 0.343. The molecule has 0 bridgehead atoms. The number of carbonyl (C=O) groups excluding carboxylic acids is 2. The number of aliphatic hydroxyl groups excluding tert-OH is 1. The summed E-state index contributed by atoms with van der Waals surface area (Å²) < 4.78 is 24.3. The molecule has 0 saturated carbocycles. The van der Waals surface area contributed by atoms with E-state index < -0.39 is 17.7 Å². The van der Waals surface area contributed by atoms with Crippen molar-refractivity contribution in [2.45, 2.75) is 47.1 Å². The highest BCUT2D eigenvalue weighted by atomic mass is 32.1.